The van der Waals surface area contributed by atoms with E-state index in [1.807, 2.05) is 0 Å². The van der Waals surface area contributed by atoms with Gasteiger partial charge in [0.1, 0.15) is 4.75 Å². The van der Waals surface area contributed by atoms with E-state index in [1.54, 1.807) is 0 Å². The summed E-state index contributed by atoms with van der Waals surface area (Å²) >= 11 is 0. The normalized spacial score (nSPS) is 22.2. The van der Waals surface area contributed by atoms with Crippen molar-refractivity contribution in [1.82, 2.24) is 10.6 Å². The van der Waals surface area contributed by atoms with Gasteiger partial charge < -0.3 is 15.4 Å². The van der Waals surface area contributed by atoms with E-state index in [9.17, 15) is 13.2 Å². The Morgan fingerprint density at radius 2 is 2.18 bits per heavy atom. The molecule has 0 radical (unpaired) electrons. The number of hydrogen-bond donors (Lipinski definition) is 2. The Bertz CT molecular complexity index is 372. The smallest absolute Gasteiger partial charge is 0.240 e. The van der Waals surface area contributed by atoms with E-state index < -0.39 is 20.5 Å². The average Bonchev–Trinajstić information content (AvgIpc) is 2.25. The maximum atomic E-state index is 11.8. The van der Waals surface area contributed by atoms with Crippen LogP contribution in [0.2, 0.25) is 0 Å². The molecular weight excluding hydrogens is 244 g/mol. The Kier molecular flexibility index (Phi) is 4.51. The zero-order valence-electron chi connectivity index (χ0n) is 10.4. The Morgan fingerprint density at radius 3 is 2.65 bits per heavy atom. The third-order valence-corrected chi connectivity index (χ3v) is 5.01. The van der Waals surface area contributed by atoms with Gasteiger partial charge in [-0.1, -0.05) is 0 Å². The summed E-state index contributed by atoms with van der Waals surface area (Å²) in [6, 6.07) is 0. The van der Waals surface area contributed by atoms with Crippen molar-refractivity contribution in [2.24, 2.45) is 0 Å². The van der Waals surface area contributed by atoms with Crippen LogP contribution in [0.1, 0.15) is 13.8 Å². The molecule has 2 N–H and O–H groups in total. The lowest BCUT2D eigenvalue weighted by Crippen LogP contribution is -2.52. The fourth-order valence-corrected chi connectivity index (χ4v) is 1.75. The second-order valence-corrected chi connectivity index (χ2v) is 7.25. The van der Waals surface area contributed by atoms with Crippen LogP contribution in [0.15, 0.2) is 0 Å². The lowest BCUT2D eigenvalue weighted by Gasteiger charge is -2.26. The number of carbonyl (C=O) groups is 1. The molecule has 1 amide bonds. The van der Waals surface area contributed by atoms with Gasteiger partial charge in [0, 0.05) is 25.9 Å². The molecule has 0 bridgehead atoms. The van der Waals surface area contributed by atoms with Gasteiger partial charge in [-0.15, -0.1) is 0 Å². The molecule has 1 aliphatic rings. The van der Waals surface area contributed by atoms with Crippen LogP contribution in [-0.4, -0.2) is 57.7 Å². The van der Waals surface area contributed by atoms with E-state index in [0.29, 0.717) is 19.7 Å². The minimum Gasteiger partial charge on any atom is -0.374 e. The van der Waals surface area contributed by atoms with Gasteiger partial charge in [-0.3, -0.25) is 4.79 Å². The van der Waals surface area contributed by atoms with Crippen LogP contribution in [0, 0.1) is 0 Å². The molecule has 0 aromatic carbocycles. The maximum Gasteiger partial charge on any atom is 0.240 e. The van der Waals surface area contributed by atoms with Crippen LogP contribution in [0.5, 0.6) is 0 Å². The fraction of sp³-hybridized carbons (Fsp3) is 0.900. The van der Waals surface area contributed by atoms with E-state index >= 15 is 0 Å². The predicted molar refractivity (Wildman–Crippen MR) is 64.5 cm³/mol. The lowest BCUT2D eigenvalue weighted by atomic mass is 10.2. The number of carbonyl (C=O) groups excluding carboxylic acids is 1. The molecule has 0 spiro atoms. The first-order chi connectivity index (χ1) is 7.75. The molecule has 1 unspecified atom stereocenters. The largest absolute Gasteiger partial charge is 0.374 e. The average molecular weight is 264 g/mol. The first-order valence-corrected chi connectivity index (χ1v) is 7.44. The standard InChI is InChI=1S/C10H20N2O4S/c1-10(2,17(3,14)15)9(13)12-7-8-6-11-4-5-16-8/h8,11H,4-7H2,1-3H3,(H,12,13). The highest BCUT2D eigenvalue weighted by Gasteiger charge is 2.38. The van der Waals surface area contributed by atoms with Crippen molar-refractivity contribution in [3.63, 3.8) is 0 Å². The summed E-state index contributed by atoms with van der Waals surface area (Å²) in [6.07, 6.45) is 0.966. The highest BCUT2D eigenvalue weighted by Crippen LogP contribution is 2.14. The Hall–Kier alpha value is -0.660. The molecular formula is C10H20N2O4S. The highest BCUT2D eigenvalue weighted by molar-refractivity contribution is 7.92. The summed E-state index contributed by atoms with van der Waals surface area (Å²) in [7, 11) is -3.42. The fourth-order valence-electron chi connectivity index (χ4n) is 1.34. The molecule has 0 aromatic heterocycles. The number of morpholine rings is 1. The summed E-state index contributed by atoms with van der Waals surface area (Å²) in [5, 5.41) is 5.75. The molecule has 1 fully saturated rings. The molecule has 17 heavy (non-hydrogen) atoms. The first-order valence-electron chi connectivity index (χ1n) is 5.55. The monoisotopic (exact) mass is 264 g/mol. The number of nitrogens with one attached hydrogen (secondary N) is 2. The van der Waals surface area contributed by atoms with Gasteiger partial charge in [0.2, 0.25) is 5.91 Å². The minimum atomic E-state index is -3.42. The molecule has 100 valence electrons. The van der Waals surface area contributed by atoms with Crippen LogP contribution in [0.25, 0.3) is 0 Å². The number of sulfone groups is 1. The summed E-state index contributed by atoms with van der Waals surface area (Å²) in [4.78, 5) is 11.8. The van der Waals surface area contributed by atoms with Gasteiger partial charge in [0.15, 0.2) is 9.84 Å². The van der Waals surface area contributed by atoms with E-state index in [2.05, 4.69) is 10.6 Å². The van der Waals surface area contributed by atoms with Gasteiger partial charge in [0.05, 0.1) is 12.7 Å². The Morgan fingerprint density at radius 1 is 1.53 bits per heavy atom. The molecule has 0 saturated carbocycles. The zero-order valence-corrected chi connectivity index (χ0v) is 11.3. The molecule has 1 aliphatic heterocycles. The van der Waals surface area contributed by atoms with E-state index in [-0.39, 0.29) is 6.10 Å². The summed E-state index contributed by atoms with van der Waals surface area (Å²) in [5.74, 6) is -0.492. The highest BCUT2D eigenvalue weighted by atomic mass is 32.2. The van der Waals surface area contributed by atoms with Gasteiger partial charge in [-0.2, -0.15) is 0 Å². The van der Waals surface area contributed by atoms with Crippen molar-refractivity contribution < 1.29 is 17.9 Å². The summed E-state index contributed by atoms with van der Waals surface area (Å²) in [5.41, 5.74) is 0. The summed E-state index contributed by atoms with van der Waals surface area (Å²) in [6.45, 7) is 5.20. The molecule has 7 heteroatoms. The van der Waals surface area contributed by atoms with Gasteiger partial charge in [-0.25, -0.2) is 8.42 Å². The van der Waals surface area contributed by atoms with Crippen molar-refractivity contribution in [3.8, 4) is 0 Å². The van der Waals surface area contributed by atoms with Crippen molar-refractivity contribution >= 4 is 15.7 Å². The molecule has 0 aliphatic carbocycles. The topological polar surface area (TPSA) is 84.5 Å². The predicted octanol–water partition coefficient (Wildman–Crippen LogP) is -1.09. The van der Waals surface area contributed by atoms with Crippen molar-refractivity contribution in [2.45, 2.75) is 24.7 Å². The maximum absolute atomic E-state index is 11.8. The van der Waals surface area contributed by atoms with Crippen LogP contribution in [0.4, 0.5) is 0 Å². The van der Waals surface area contributed by atoms with Gasteiger partial charge in [0.25, 0.3) is 0 Å². The van der Waals surface area contributed by atoms with Crippen molar-refractivity contribution in [3.05, 3.63) is 0 Å². The third-order valence-electron chi connectivity index (χ3n) is 2.97. The third kappa shape index (κ3) is 3.65. The lowest BCUT2D eigenvalue weighted by molar-refractivity contribution is -0.123. The Labute approximate surface area is 102 Å². The van der Waals surface area contributed by atoms with E-state index in [0.717, 1.165) is 12.8 Å². The molecule has 1 saturated heterocycles. The van der Waals surface area contributed by atoms with Crippen LogP contribution in [0.3, 0.4) is 0 Å². The van der Waals surface area contributed by atoms with Crippen LogP contribution >= 0.6 is 0 Å². The second kappa shape index (κ2) is 5.32. The minimum absolute atomic E-state index is 0.0944. The SMILES string of the molecule is CC(C)(C(=O)NCC1CNCCO1)S(C)(=O)=O. The van der Waals surface area contributed by atoms with E-state index in [1.165, 1.54) is 13.8 Å². The molecule has 1 heterocycles. The van der Waals surface area contributed by atoms with Crippen molar-refractivity contribution in [2.75, 3.05) is 32.5 Å². The quantitative estimate of drug-likeness (QED) is 0.674. The van der Waals surface area contributed by atoms with Crippen molar-refractivity contribution in [1.29, 1.82) is 0 Å². The number of hydrogen-bond acceptors (Lipinski definition) is 5. The molecule has 1 atom stereocenters. The van der Waals surface area contributed by atoms with Gasteiger partial charge >= 0.3 is 0 Å². The molecule has 6 nitrogen and oxygen atoms in total. The number of ether oxygens (including phenoxy) is 1. The number of rotatable bonds is 4. The summed E-state index contributed by atoms with van der Waals surface area (Å²) < 4.78 is 26.9. The van der Waals surface area contributed by atoms with E-state index in [4.69, 9.17) is 4.74 Å². The zero-order chi connectivity index (χ0) is 13.1. The van der Waals surface area contributed by atoms with Crippen LogP contribution in [-0.2, 0) is 19.4 Å². The molecule has 1 rings (SSSR count). The molecule has 0 aromatic rings. The number of amides is 1. The first kappa shape index (κ1) is 14.4. The second-order valence-electron chi connectivity index (χ2n) is 4.69. The Balaban J connectivity index is 2.49. The van der Waals surface area contributed by atoms with Gasteiger partial charge in [-0.05, 0) is 13.8 Å². The van der Waals surface area contributed by atoms with Crippen LogP contribution < -0.4 is 10.6 Å².